The molecule has 2 aromatic carbocycles. The molecule has 0 saturated carbocycles. The summed E-state index contributed by atoms with van der Waals surface area (Å²) in [5.41, 5.74) is 3.65. The van der Waals surface area contributed by atoms with Crippen molar-refractivity contribution in [1.82, 2.24) is 4.57 Å². The van der Waals surface area contributed by atoms with E-state index in [0.29, 0.717) is 0 Å². The minimum absolute atomic E-state index is 0.0609. The van der Waals surface area contributed by atoms with Crippen LogP contribution in [0.2, 0.25) is 0 Å². The molecular formula is C18H15NO. The highest BCUT2D eigenvalue weighted by Gasteiger charge is 2.17. The third-order valence-corrected chi connectivity index (χ3v) is 3.41. The lowest BCUT2D eigenvalue weighted by molar-refractivity contribution is 0.514. The van der Waals surface area contributed by atoms with Gasteiger partial charge in [-0.2, -0.15) is 0 Å². The maximum absolute atomic E-state index is 9.94. The zero-order valence-corrected chi connectivity index (χ0v) is 11.1. The minimum atomic E-state index is 0.0609. The molecule has 0 amide bonds. The molecule has 2 heteroatoms. The Morgan fingerprint density at radius 1 is 1.00 bits per heavy atom. The Morgan fingerprint density at radius 2 is 1.65 bits per heavy atom. The van der Waals surface area contributed by atoms with Gasteiger partial charge in [0.05, 0.1) is 11.2 Å². The molecule has 98 valence electrons. The van der Waals surface area contributed by atoms with Gasteiger partial charge in [0, 0.05) is 16.6 Å². The molecule has 0 bridgehead atoms. The van der Waals surface area contributed by atoms with Gasteiger partial charge in [-0.05, 0) is 24.3 Å². The molecule has 0 atom stereocenters. The number of benzene rings is 2. The quantitative estimate of drug-likeness (QED) is 0.673. The molecule has 3 rings (SSSR count). The van der Waals surface area contributed by atoms with E-state index >= 15 is 0 Å². The molecular weight excluding hydrogens is 246 g/mol. The predicted octanol–water partition coefficient (Wildman–Crippen LogP) is 4.80. The largest absolute Gasteiger partial charge is 0.508 e. The maximum Gasteiger partial charge on any atom is 0.118 e. The van der Waals surface area contributed by atoms with Crippen LogP contribution >= 0.6 is 0 Å². The van der Waals surface area contributed by atoms with Gasteiger partial charge in [0.2, 0.25) is 0 Å². The number of aliphatic hydroxyl groups is 1. The Bertz CT molecular complexity index is 797. The first-order valence-corrected chi connectivity index (χ1v) is 6.43. The molecule has 0 saturated heterocycles. The van der Waals surface area contributed by atoms with Crippen LogP contribution in [-0.4, -0.2) is 9.67 Å². The topological polar surface area (TPSA) is 25.2 Å². The number of nitrogens with zero attached hydrogens (tertiary/aromatic N) is 1. The Hall–Kier alpha value is -2.74. The molecule has 1 N–H and O–H groups in total. The normalized spacial score (nSPS) is 10.6. The van der Waals surface area contributed by atoms with Crippen LogP contribution in [0.3, 0.4) is 0 Å². The highest BCUT2D eigenvalue weighted by molar-refractivity contribution is 5.96. The smallest absolute Gasteiger partial charge is 0.118 e. The van der Waals surface area contributed by atoms with E-state index in [1.54, 1.807) is 6.08 Å². The predicted molar refractivity (Wildman–Crippen MR) is 85.0 cm³/mol. The van der Waals surface area contributed by atoms with Crippen molar-refractivity contribution >= 4 is 22.7 Å². The van der Waals surface area contributed by atoms with E-state index in [1.165, 1.54) is 0 Å². The number of hydrogen-bond donors (Lipinski definition) is 1. The van der Waals surface area contributed by atoms with Gasteiger partial charge >= 0.3 is 0 Å². The molecule has 0 aliphatic heterocycles. The summed E-state index contributed by atoms with van der Waals surface area (Å²) in [6.45, 7) is 7.57. The van der Waals surface area contributed by atoms with Gasteiger partial charge in [0.1, 0.15) is 5.76 Å². The second kappa shape index (κ2) is 4.74. The maximum atomic E-state index is 9.94. The van der Waals surface area contributed by atoms with Crippen LogP contribution in [0.15, 0.2) is 67.8 Å². The summed E-state index contributed by atoms with van der Waals surface area (Å²) < 4.78 is 2.08. The number of fused-ring (bicyclic) bond motifs is 1. The number of aliphatic hydroxyl groups excluding tert-OH is 1. The van der Waals surface area contributed by atoms with Crippen molar-refractivity contribution in [2.75, 3.05) is 0 Å². The van der Waals surface area contributed by atoms with E-state index in [-0.39, 0.29) is 5.76 Å². The molecule has 0 spiro atoms. The van der Waals surface area contributed by atoms with Gasteiger partial charge in [0.15, 0.2) is 0 Å². The number of para-hydroxylation sites is 2. The summed E-state index contributed by atoms with van der Waals surface area (Å²) in [4.78, 5) is 0. The summed E-state index contributed by atoms with van der Waals surface area (Å²) in [7, 11) is 0. The zero-order valence-electron chi connectivity index (χ0n) is 11.1. The van der Waals surface area contributed by atoms with E-state index in [0.717, 1.165) is 27.8 Å². The average Bonchev–Trinajstić information content (AvgIpc) is 2.82. The van der Waals surface area contributed by atoms with Gasteiger partial charge in [0.25, 0.3) is 0 Å². The first-order chi connectivity index (χ1) is 9.74. The lowest BCUT2D eigenvalue weighted by Crippen LogP contribution is -1.97. The first-order valence-electron chi connectivity index (χ1n) is 6.43. The molecule has 0 radical (unpaired) electrons. The van der Waals surface area contributed by atoms with Crippen LogP contribution in [0.1, 0.15) is 11.3 Å². The average molecular weight is 261 g/mol. The number of rotatable bonds is 3. The zero-order chi connectivity index (χ0) is 14.1. The van der Waals surface area contributed by atoms with Gasteiger partial charge in [-0.15, -0.1) is 0 Å². The van der Waals surface area contributed by atoms with Crippen LogP contribution in [-0.2, 0) is 0 Å². The standard InChI is InChI=1S/C18H15NO/c1-3-16-18(13(2)20)15-11-7-8-12-17(15)19(16)14-9-5-4-6-10-14/h3-12,20H,1-2H2. The summed E-state index contributed by atoms with van der Waals surface area (Å²) in [6, 6.07) is 18.0. The van der Waals surface area contributed by atoms with Crippen molar-refractivity contribution in [2.45, 2.75) is 0 Å². The van der Waals surface area contributed by atoms with Gasteiger partial charge in [-0.3, -0.25) is 0 Å². The molecule has 2 nitrogen and oxygen atoms in total. The second-order valence-corrected chi connectivity index (χ2v) is 4.60. The van der Waals surface area contributed by atoms with E-state index in [1.807, 2.05) is 54.6 Å². The van der Waals surface area contributed by atoms with E-state index < -0.39 is 0 Å². The van der Waals surface area contributed by atoms with Gasteiger partial charge in [-0.25, -0.2) is 0 Å². The monoisotopic (exact) mass is 261 g/mol. The van der Waals surface area contributed by atoms with E-state index in [2.05, 4.69) is 17.7 Å². The third kappa shape index (κ3) is 1.74. The second-order valence-electron chi connectivity index (χ2n) is 4.60. The molecule has 0 unspecified atom stereocenters. The van der Waals surface area contributed by atoms with Crippen molar-refractivity contribution < 1.29 is 5.11 Å². The summed E-state index contributed by atoms with van der Waals surface area (Å²) in [5.74, 6) is 0.0609. The van der Waals surface area contributed by atoms with Crippen molar-refractivity contribution in [3.8, 4) is 5.69 Å². The minimum Gasteiger partial charge on any atom is -0.508 e. The Kier molecular flexibility index (Phi) is 2.92. The molecule has 1 heterocycles. The first kappa shape index (κ1) is 12.3. The number of hydrogen-bond acceptors (Lipinski definition) is 1. The fourth-order valence-corrected chi connectivity index (χ4v) is 2.61. The fourth-order valence-electron chi connectivity index (χ4n) is 2.61. The van der Waals surface area contributed by atoms with E-state index in [4.69, 9.17) is 0 Å². The van der Waals surface area contributed by atoms with Crippen LogP contribution in [0.25, 0.3) is 28.4 Å². The van der Waals surface area contributed by atoms with Crippen LogP contribution in [0, 0.1) is 0 Å². The Labute approximate surface area is 117 Å². The molecule has 0 aliphatic rings. The Balaban J connectivity index is 2.48. The lowest BCUT2D eigenvalue weighted by atomic mass is 10.1. The Morgan fingerprint density at radius 3 is 2.30 bits per heavy atom. The summed E-state index contributed by atoms with van der Waals surface area (Å²) in [6.07, 6.45) is 1.75. The molecule has 3 aromatic rings. The van der Waals surface area contributed by atoms with Crippen molar-refractivity contribution in [2.24, 2.45) is 0 Å². The highest BCUT2D eigenvalue weighted by atomic mass is 16.3. The van der Waals surface area contributed by atoms with Crippen molar-refractivity contribution in [1.29, 1.82) is 0 Å². The van der Waals surface area contributed by atoms with Crippen molar-refractivity contribution in [3.63, 3.8) is 0 Å². The lowest BCUT2D eigenvalue weighted by Gasteiger charge is -2.08. The summed E-state index contributed by atoms with van der Waals surface area (Å²) >= 11 is 0. The number of aromatic nitrogens is 1. The van der Waals surface area contributed by atoms with Crippen LogP contribution in [0.5, 0.6) is 0 Å². The SMILES string of the molecule is C=Cc1c(C(=C)O)c2ccccc2n1-c1ccccc1. The molecule has 20 heavy (non-hydrogen) atoms. The fraction of sp³-hybridized carbons (Fsp3) is 0. The van der Waals surface area contributed by atoms with Crippen LogP contribution < -0.4 is 0 Å². The highest BCUT2D eigenvalue weighted by Crippen LogP contribution is 2.33. The summed E-state index contributed by atoms with van der Waals surface area (Å²) in [5, 5.41) is 10.9. The van der Waals surface area contributed by atoms with Gasteiger partial charge < -0.3 is 9.67 Å². The molecule has 1 aromatic heterocycles. The van der Waals surface area contributed by atoms with Gasteiger partial charge in [-0.1, -0.05) is 49.6 Å². The molecule has 0 aliphatic carbocycles. The van der Waals surface area contributed by atoms with E-state index in [9.17, 15) is 5.11 Å². The van der Waals surface area contributed by atoms with Crippen LogP contribution in [0.4, 0.5) is 0 Å². The third-order valence-electron chi connectivity index (χ3n) is 3.41. The van der Waals surface area contributed by atoms with Crippen molar-refractivity contribution in [3.05, 3.63) is 79.0 Å². The molecule has 0 fully saturated rings.